The van der Waals surface area contributed by atoms with E-state index in [-0.39, 0.29) is 6.17 Å². The number of hydrogen-bond donors (Lipinski definition) is 0. The van der Waals surface area contributed by atoms with Gasteiger partial charge in [-0.2, -0.15) is 0 Å². The Labute approximate surface area is 206 Å². The minimum absolute atomic E-state index is 0.0597. The van der Waals surface area contributed by atoms with E-state index in [0.29, 0.717) is 0 Å². The maximum Gasteiger partial charge on any atom is 0.179 e. The van der Waals surface area contributed by atoms with Gasteiger partial charge in [-0.25, -0.2) is 9.97 Å². The van der Waals surface area contributed by atoms with Gasteiger partial charge in [0.05, 0.1) is 11.4 Å². The first-order valence-corrected chi connectivity index (χ1v) is 12.1. The van der Waals surface area contributed by atoms with Crippen LogP contribution < -0.4 is 9.80 Å². The van der Waals surface area contributed by atoms with Gasteiger partial charge >= 0.3 is 0 Å². The molecule has 0 amide bonds. The molecule has 0 atom stereocenters. The zero-order valence-corrected chi connectivity index (χ0v) is 19.6. The highest BCUT2D eigenvalue weighted by Crippen LogP contribution is 2.48. The molecule has 35 heavy (non-hydrogen) atoms. The van der Waals surface area contributed by atoms with Crippen LogP contribution in [0.3, 0.4) is 0 Å². The second kappa shape index (κ2) is 9.07. The van der Waals surface area contributed by atoms with E-state index in [1.165, 1.54) is 0 Å². The van der Waals surface area contributed by atoms with Crippen molar-refractivity contribution in [3.8, 4) is 22.5 Å². The van der Waals surface area contributed by atoms with Crippen LogP contribution in [0.15, 0.2) is 121 Å². The van der Waals surface area contributed by atoms with E-state index in [4.69, 9.17) is 9.97 Å². The lowest BCUT2D eigenvalue weighted by Crippen LogP contribution is -2.37. The molecule has 0 bridgehead atoms. The van der Waals surface area contributed by atoms with E-state index >= 15 is 0 Å². The summed E-state index contributed by atoms with van der Waals surface area (Å²) < 4.78 is 0. The van der Waals surface area contributed by atoms with E-state index in [1.807, 2.05) is 12.1 Å². The first-order valence-electron chi connectivity index (χ1n) is 12.1. The zero-order chi connectivity index (χ0) is 23.6. The fourth-order valence-corrected chi connectivity index (χ4v) is 4.86. The fourth-order valence-electron chi connectivity index (χ4n) is 4.86. The van der Waals surface area contributed by atoms with Crippen molar-refractivity contribution in [2.24, 2.45) is 0 Å². The van der Waals surface area contributed by atoms with Crippen LogP contribution in [0.1, 0.15) is 13.3 Å². The second-order valence-corrected chi connectivity index (χ2v) is 8.60. The average molecular weight is 455 g/mol. The SMILES string of the molecule is CCC1N(c2ccccc2)c2nc(-c3ccccc3)c(-c3ccccc3)nc2N1c1ccccc1. The van der Waals surface area contributed by atoms with Crippen LogP contribution in [0.2, 0.25) is 0 Å². The lowest BCUT2D eigenvalue weighted by molar-refractivity contribution is 0.662. The fraction of sp³-hybridized carbons (Fsp3) is 0.0968. The maximum absolute atomic E-state index is 5.35. The molecule has 0 N–H and O–H groups in total. The number of fused-ring (bicyclic) bond motifs is 1. The van der Waals surface area contributed by atoms with E-state index < -0.39 is 0 Å². The summed E-state index contributed by atoms with van der Waals surface area (Å²) in [5.74, 6) is 1.76. The van der Waals surface area contributed by atoms with Crippen molar-refractivity contribution in [1.29, 1.82) is 0 Å². The molecule has 1 aliphatic heterocycles. The Morgan fingerprint density at radius 1 is 0.514 bits per heavy atom. The van der Waals surface area contributed by atoms with E-state index in [0.717, 1.165) is 51.9 Å². The summed E-state index contributed by atoms with van der Waals surface area (Å²) in [6, 6.07) is 41.7. The van der Waals surface area contributed by atoms with Gasteiger partial charge in [0.15, 0.2) is 11.6 Å². The highest BCUT2D eigenvalue weighted by atomic mass is 15.5. The molecular weight excluding hydrogens is 428 g/mol. The molecule has 0 fully saturated rings. The summed E-state index contributed by atoms with van der Waals surface area (Å²) in [7, 11) is 0. The van der Waals surface area contributed by atoms with Gasteiger partial charge in [-0.05, 0) is 30.7 Å². The van der Waals surface area contributed by atoms with Gasteiger partial charge in [0.25, 0.3) is 0 Å². The smallest absolute Gasteiger partial charge is 0.179 e. The molecule has 0 aliphatic carbocycles. The summed E-state index contributed by atoms with van der Waals surface area (Å²) >= 11 is 0. The van der Waals surface area contributed by atoms with Gasteiger partial charge in [-0.15, -0.1) is 0 Å². The van der Waals surface area contributed by atoms with Crippen LogP contribution >= 0.6 is 0 Å². The predicted molar refractivity (Wildman–Crippen MR) is 144 cm³/mol. The third kappa shape index (κ3) is 3.73. The Kier molecular flexibility index (Phi) is 5.47. The molecule has 0 radical (unpaired) electrons. The third-order valence-corrected chi connectivity index (χ3v) is 6.44. The lowest BCUT2D eigenvalue weighted by atomic mass is 10.0. The predicted octanol–water partition coefficient (Wildman–Crippen LogP) is 7.84. The number of para-hydroxylation sites is 2. The van der Waals surface area contributed by atoms with Crippen molar-refractivity contribution in [2.45, 2.75) is 19.5 Å². The molecular formula is C31H26N4. The quantitative estimate of drug-likeness (QED) is 0.271. The van der Waals surface area contributed by atoms with Crippen LogP contribution in [0, 0.1) is 0 Å². The molecule has 5 aromatic rings. The monoisotopic (exact) mass is 454 g/mol. The number of hydrogen-bond acceptors (Lipinski definition) is 4. The van der Waals surface area contributed by atoms with Gasteiger partial charge in [0.2, 0.25) is 0 Å². The van der Waals surface area contributed by atoms with Crippen molar-refractivity contribution in [1.82, 2.24) is 9.97 Å². The summed E-state index contributed by atoms with van der Waals surface area (Å²) in [5.41, 5.74) is 6.11. The van der Waals surface area contributed by atoms with E-state index in [9.17, 15) is 0 Å². The van der Waals surface area contributed by atoms with Crippen LogP contribution in [0.25, 0.3) is 22.5 Å². The largest absolute Gasteiger partial charge is 0.302 e. The highest BCUT2D eigenvalue weighted by Gasteiger charge is 2.40. The Morgan fingerprint density at radius 3 is 1.20 bits per heavy atom. The van der Waals surface area contributed by atoms with Gasteiger partial charge in [-0.1, -0.05) is 104 Å². The second-order valence-electron chi connectivity index (χ2n) is 8.60. The number of rotatable bonds is 5. The first-order chi connectivity index (χ1) is 17.3. The molecule has 2 heterocycles. The Morgan fingerprint density at radius 2 is 0.857 bits per heavy atom. The minimum atomic E-state index is 0.0597. The molecule has 170 valence electrons. The van der Waals surface area contributed by atoms with Gasteiger partial charge < -0.3 is 9.80 Å². The Hall–Kier alpha value is -4.44. The molecule has 0 unspecified atom stereocenters. The minimum Gasteiger partial charge on any atom is -0.302 e. The molecule has 1 aromatic heterocycles. The molecule has 4 nitrogen and oxygen atoms in total. The molecule has 1 aliphatic rings. The highest BCUT2D eigenvalue weighted by molar-refractivity contribution is 5.89. The van der Waals surface area contributed by atoms with Gasteiger partial charge in [-0.3, -0.25) is 0 Å². The molecule has 6 rings (SSSR count). The number of benzene rings is 4. The van der Waals surface area contributed by atoms with E-state index in [1.54, 1.807) is 0 Å². The third-order valence-electron chi connectivity index (χ3n) is 6.44. The van der Waals surface area contributed by atoms with Gasteiger partial charge in [0, 0.05) is 22.5 Å². The zero-order valence-electron chi connectivity index (χ0n) is 19.6. The van der Waals surface area contributed by atoms with Crippen molar-refractivity contribution in [3.63, 3.8) is 0 Å². The van der Waals surface area contributed by atoms with Crippen LogP contribution in [0.5, 0.6) is 0 Å². The molecule has 0 saturated carbocycles. The molecule has 0 spiro atoms. The lowest BCUT2D eigenvalue weighted by Gasteiger charge is -2.31. The summed E-state index contributed by atoms with van der Waals surface area (Å²) in [5, 5.41) is 0. The van der Waals surface area contributed by atoms with Crippen molar-refractivity contribution < 1.29 is 0 Å². The van der Waals surface area contributed by atoms with Crippen molar-refractivity contribution in [3.05, 3.63) is 121 Å². The summed E-state index contributed by atoms with van der Waals surface area (Å²) in [4.78, 5) is 15.4. The van der Waals surface area contributed by atoms with E-state index in [2.05, 4.69) is 126 Å². The average Bonchev–Trinajstić information content (AvgIpc) is 3.27. The normalized spacial score (nSPS) is 13.2. The van der Waals surface area contributed by atoms with Gasteiger partial charge in [0.1, 0.15) is 6.17 Å². The number of nitrogens with zero attached hydrogens (tertiary/aromatic N) is 4. The van der Waals surface area contributed by atoms with Crippen LogP contribution in [0.4, 0.5) is 23.0 Å². The summed E-state index contributed by atoms with van der Waals surface area (Å²) in [6.07, 6.45) is 0.966. The standard InChI is InChI=1S/C31H26N4/c1-2-27-34(25-19-11-5-12-20-25)30-31(35(27)26-21-13-6-14-22-26)33-29(24-17-9-4-10-18-24)28(32-30)23-15-7-3-8-16-23/h3-22,27H,2H2,1H3. The number of anilines is 4. The van der Waals surface area contributed by atoms with Crippen LogP contribution in [-0.2, 0) is 0 Å². The number of aromatic nitrogens is 2. The van der Waals surface area contributed by atoms with Crippen LogP contribution in [-0.4, -0.2) is 16.1 Å². The molecule has 4 heteroatoms. The molecule has 0 saturated heterocycles. The summed E-state index contributed by atoms with van der Waals surface area (Å²) in [6.45, 7) is 2.22. The van der Waals surface area contributed by atoms with Crippen molar-refractivity contribution >= 4 is 23.0 Å². The topological polar surface area (TPSA) is 32.3 Å². The molecule has 4 aromatic carbocycles. The first kappa shape index (κ1) is 21.1. The van der Waals surface area contributed by atoms with Crippen molar-refractivity contribution in [2.75, 3.05) is 9.80 Å². The maximum atomic E-state index is 5.35. The Bertz CT molecular complexity index is 1310. The Balaban J connectivity index is 1.65.